The number of aryl methyl sites for hydroxylation is 1. The smallest absolute Gasteiger partial charge is 0.352 e. The summed E-state index contributed by atoms with van der Waals surface area (Å²) in [4.78, 5) is 39.7. The lowest BCUT2D eigenvalue weighted by molar-refractivity contribution is -0.118. The molecule has 3 heterocycles. The van der Waals surface area contributed by atoms with Gasteiger partial charge in [-0.25, -0.2) is 9.78 Å². The Kier molecular flexibility index (Phi) is 3.80. The summed E-state index contributed by atoms with van der Waals surface area (Å²) < 4.78 is 2.89. The number of carboxylic acid groups (broad SMARTS) is 1. The molecule has 124 valence electrons. The van der Waals surface area contributed by atoms with Crippen molar-refractivity contribution in [2.45, 2.75) is 20.4 Å². The van der Waals surface area contributed by atoms with Gasteiger partial charge in [0.15, 0.2) is 0 Å². The Balaban J connectivity index is 2.27. The summed E-state index contributed by atoms with van der Waals surface area (Å²) in [5, 5.41) is 12.3. The van der Waals surface area contributed by atoms with Crippen LogP contribution in [0.2, 0.25) is 0 Å². The van der Waals surface area contributed by atoms with Crippen LogP contribution in [-0.4, -0.2) is 37.5 Å². The molecule has 3 rings (SSSR count). The number of pyridine rings is 1. The second-order valence-electron chi connectivity index (χ2n) is 5.48. The topological polar surface area (TPSA) is 106 Å². The van der Waals surface area contributed by atoms with Crippen molar-refractivity contribution < 1.29 is 14.7 Å². The third kappa shape index (κ3) is 2.51. The number of carbonyl (C=O) groups is 2. The van der Waals surface area contributed by atoms with Crippen LogP contribution >= 0.6 is 0 Å². The number of nitrogens with one attached hydrogen (secondary N) is 1. The van der Waals surface area contributed by atoms with E-state index in [2.05, 4.69) is 10.3 Å². The third-order valence-electron chi connectivity index (χ3n) is 3.82. The molecule has 0 saturated carbocycles. The standard InChI is InChI=1S/C16H16N4O4/c1-9-4-3-5-13-18-14-11(15(22)20(9)13)8-12(16(23)24)19(14)7-6-17-10(2)21/h3-5,8H,6-7H2,1-2H3,(H,17,21)(H,23,24). The molecule has 0 aliphatic heterocycles. The molecule has 2 N–H and O–H groups in total. The summed E-state index contributed by atoms with van der Waals surface area (Å²) in [7, 11) is 0. The van der Waals surface area contributed by atoms with Crippen molar-refractivity contribution in [3.63, 3.8) is 0 Å². The number of aromatic nitrogens is 3. The lowest BCUT2D eigenvalue weighted by Crippen LogP contribution is -2.26. The average Bonchev–Trinajstić information content (AvgIpc) is 2.86. The van der Waals surface area contributed by atoms with E-state index in [0.29, 0.717) is 11.3 Å². The summed E-state index contributed by atoms with van der Waals surface area (Å²) in [6.45, 7) is 3.62. The molecule has 0 saturated heterocycles. The predicted octanol–water partition coefficient (Wildman–Crippen LogP) is 0.792. The highest BCUT2D eigenvalue weighted by Crippen LogP contribution is 2.17. The Labute approximate surface area is 136 Å². The highest BCUT2D eigenvalue weighted by atomic mass is 16.4. The fourth-order valence-corrected chi connectivity index (χ4v) is 2.75. The molecule has 0 aromatic carbocycles. The molecule has 0 aliphatic rings. The predicted molar refractivity (Wildman–Crippen MR) is 87.3 cm³/mol. The first-order valence-electron chi connectivity index (χ1n) is 7.39. The van der Waals surface area contributed by atoms with Crippen molar-refractivity contribution in [2.24, 2.45) is 0 Å². The number of carbonyl (C=O) groups excluding carboxylic acids is 1. The van der Waals surface area contributed by atoms with Crippen LogP contribution in [-0.2, 0) is 11.3 Å². The molecule has 3 aromatic heterocycles. The van der Waals surface area contributed by atoms with Crippen LogP contribution in [0, 0.1) is 6.92 Å². The highest BCUT2D eigenvalue weighted by Gasteiger charge is 2.19. The van der Waals surface area contributed by atoms with Gasteiger partial charge < -0.3 is 15.0 Å². The van der Waals surface area contributed by atoms with Gasteiger partial charge in [0.2, 0.25) is 5.91 Å². The molecule has 0 unspecified atom stereocenters. The molecule has 3 aromatic rings. The van der Waals surface area contributed by atoms with E-state index in [1.54, 1.807) is 25.1 Å². The zero-order chi connectivity index (χ0) is 17.4. The van der Waals surface area contributed by atoms with Crippen molar-refractivity contribution in [1.82, 2.24) is 19.3 Å². The number of hydrogen-bond acceptors (Lipinski definition) is 4. The number of nitrogens with zero attached hydrogens (tertiary/aromatic N) is 3. The molecule has 8 heteroatoms. The summed E-state index contributed by atoms with van der Waals surface area (Å²) in [5.74, 6) is -1.36. The molecular formula is C16H16N4O4. The lowest BCUT2D eigenvalue weighted by Gasteiger charge is -2.09. The van der Waals surface area contributed by atoms with Gasteiger partial charge in [-0.05, 0) is 25.1 Å². The van der Waals surface area contributed by atoms with Crippen LogP contribution in [0.5, 0.6) is 0 Å². The van der Waals surface area contributed by atoms with E-state index in [9.17, 15) is 19.5 Å². The average molecular weight is 328 g/mol. The van der Waals surface area contributed by atoms with Crippen molar-refractivity contribution in [3.05, 3.63) is 46.0 Å². The second kappa shape index (κ2) is 5.80. The summed E-state index contributed by atoms with van der Waals surface area (Å²) in [6, 6.07) is 6.60. The number of hydrogen-bond donors (Lipinski definition) is 2. The third-order valence-corrected chi connectivity index (χ3v) is 3.82. The molecule has 1 amide bonds. The molecule has 0 bridgehead atoms. The van der Waals surface area contributed by atoms with Crippen LogP contribution in [0.15, 0.2) is 29.1 Å². The highest BCUT2D eigenvalue weighted by molar-refractivity contribution is 5.93. The van der Waals surface area contributed by atoms with Crippen LogP contribution in [0.1, 0.15) is 23.1 Å². The minimum atomic E-state index is -1.15. The fraction of sp³-hybridized carbons (Fsp3) is 0.250. The van der Waals surface area contributed by atoms with Gasteiger partial charge in [-0.2, -0.15) is 0 Å². The Morgan fingerprint density at radius 2 is 2.08 bits per heavy atom. The van der Waals surface area contributed by atoms with E-state index in [-0.39, 0.29) is 35.6 Å². The minimum absolute atomic E-state index is 0.0338. The molecule has 0 atom stereocenters. The Bertz CT molecular complexity index is 1030. The van der Waals surface area contributed by atoms with Crippen molar-refractivity contribution in [2.75, 3.05) is 6.54 Å². The summed E-state index contributed by atoms with van der Waals surface area (Å²) in [5.41, 5.74) is 1.12. The number of carboxylic acids is 1. The van der Waals surface area contributed by atoms with Crippen LogP contribution < -0.4 is 10.9 Å². The molecule has 8 nitrogen and oxygen atoms in total. The molecule has 0 fully saturated rings. The summed E-state index contributed by atoms with van der Waals surface area (Å²) in [6.07, 6.45) is 0. The van der Waals surface area contributed by atoms with Crippen LogP contribution in [0.25, 0.3) is 16.7 Å². The Morgan fingerprint density at radius 3 is 2.75 bits per heavy atom. The van der Waals surface area contributed by atoms with E-state index in [1.807, 2.05) is 0 Å². The number of aromatic carboxylic acids is 1. The lowest BCUT2D eigenvalue weighted by atomic mass is 10.3. The van der Waals surface area contributed by atoms with Gasteiger partial charge in [-0.1, -0.05) is 6.07 Å². The maximum atomic E-state index is 12.7. The van der Waals surface area contributed by atoms with E-state index in [1.165, 1.54) is 22.0 Å². The Morgan fingerprint density at radius 1 is 1.33 bits per heavy atom. The van der Waals surface area contributed by atoms with Gasteiger partial charge in [0.25, 0.3) is 5.56 Å². The van der Waals surface area contributed by atoms with Gasteiger partial charge in [0, 0.05) is 25.7 Å². The Hall–Kier alpha value is -3.16. The van der Waals surface area contributed by atoms with E-state index < -0.39 is 5.97 Å². The fourth-order valence-electron chi connectivity index (χ4n) is 2.75. The normalized spacial score (nSPS) is 11.1. The zero-order valence-electron chi connectivity index (χ0n) is 13.2. The van der Waals surface area contributed by atoms with E-state index in [4.69, 9.17) is 0 Å². The van der Waals surface area contributed by atoms with Gasteiger partial charge in [-0.15, -0.1) is 0 Å². The maximum absolute atomic E-state index is 12.7. The van der Waals surface area contributed by atoms with Gasteiger partial charge in [-0.3, -0.25) is 14.0 Å². The van der Waals surface area contributed by atoms with Gasteiger partial charge in [0.05, 0.1) is 5.39 Å². The largest absolute Gasteiger partial charge is 0.477 e. The molecule has 0 spiro atoms. The van der Waals surface area contributed by atoms with Gasteiger partial charge >= 0.3 is 5.97 Å². The second-order valence-corrected chi connectivity index (χ2v) is 5.48. The summed E-state index contributed by atoms with van der Waals surface area (Å²) >= 11 is 0. The molecule has 0 radical (unpaired) electrons. The van der Waals surface area contributed by atoms with Crippen LogP contribution in [0.3, 0.4) is 0 Å². The van der Waals surface area contributed by atoms with E-state index >= 15 is 0 Å². The molecule has 0 aliphatic carbocycles. The quantitative estimate of drug-likeness (QED) is 0.736. The number of amides is 1. The SMILES string of the molecule is CC(=O)NCCn1c(C(=O)O)cc2c(=O)n3c(C)cccc3nc21. The first-order chi connectivity index (χ1) is 11.4. The first kappa shape index (κ1) is 15.7. The number of fused-ring (bicyclic) bond motifs is 2. The molecular weight excluding hydrogens is 312 g/mol. The monoisotopic (exact) mass is 328 g/mol. The van der Waals surface area contributed by atoms with Crippen molar-refractivity contribution >= 4 is 28.6 Å². The van der Waals surface area contributed by atoms with Crippen LogP contribution in [0.4, 0.5) is 0 Å². The van der Waals surface area contributed by atoms with Crippen molar-refractivity contribution in [1.29, 1.82) is 0 Å². The minimum Gasteiger partial charge on any atom is -0.477 e. The number of rotatable bonds is 4. The molecule has 24 heavy (non-hydrogen) atoms. The maximum Gasteiger partial charge on any atom is 0.352 e. The van der Waals surface area contributed by atoms with E-state index in [0.717, 1.165) is 5.69 Å². The van der Waals surface area contributed by atoms with Gasteiger partial charge in [0.1, 0.15) is 17.0 Å². The zero-order valence-corrected chi connectivity index (χ0v) is 13.2. The van der Waals surface area contributed by atoms with Crippen molar-refractivity contribution in [3.8, 4) is 0 Å². The first-order valence-corrected chi connectivity index (χ1v) is 7.39.